The summed E-state index contributed by atoms with van der Waals surface area (Å²) in [5.74, 6) is 0.886. The fourth-order valence-corrected chi connectivity index (χ4v) is 3.74. The predicted octanol–water partition coefficient (Wildman–Crippen LogP) is 3.16. The molecule has 4 rings (SSSR count). The van der Waals surface area contributed by atoms with Gasteiger partial charge in [-0.1, -0.05) is 18.2 Å². The zero-order valence-electron chi connectivity index (χ0n) is 14.4. The zero-order valence-corrected chi connectivity index (χ0v) is 14.4. The molecule has 0 saturated carbocycles. The average Bonchev–Trinajstić information content (AvgIpc) is 2.63. The lowest BCUT2D eigenvalue weighted by Crippen LogP contribution is -2.35. The zero-order chi connectivity index (χ0) is 16.4. The van der Waals surface area contributed by atoms with Gasteiger partial charge in [-0.25, -0.2) is 9.97 Å². The highest BCUT2D eigenvalue weighted by molar-refractivity contribution is 5.57. The Hall–Kier alpha value is -1.78. The monoisotopic (exact) mass is 323 g/mol. The Kier molecular flexibility index (Phi) is 4.58. The molecule has 2 aromatic rings. The van der Waals surface area contributed by atoms with Crippen LogP contribution in [-0.4, -0.2) is 41.2 Å². The van der Waals surface area contributed by atoms with Crippen LogP contribution in [-0.2, 0) is 24.1 Å². The third-order valence-electron chi connectivity index (χ3n) is 5.08. The number of fused-ring (bicyclic) bond motifs is 1. The molecule has 126 valence electrons. The molecule has 1 aromatic heterocycles. The van der Waals surface area contributed by atoms with E-state index in [1.165, 1.54) is 29.7 Å². The van der Waals surface area contributed by atoms with Crippen LogP contribution in [0, 0.1) is 6.92 Å². The van der Waals surface area contributed by atoms with Crippen LogP contribution >= 0.6 is 0 Å². The summed E-state index contributed by atoms with van der Waals surface area (Å²) in [6.07, 6.45) is 4.75. The van der Waals surface area contributed by atoms with Crippen LogP contribution in [0.4, 0.5) is 0 Å². The normalized spacial score (nSPS) is 18.4. The lowest BCUT2D eigenvalue weighted by Gasteiger charge is -2.26. The molecule has 1 fully saturated rings. The Morgan fingerprint density at radius 3 is 2.79 bits per heavy atom. The minimum Gasteiger partial charge on any atom is -0.379 e. The highest BCUT2D eigenvalue weighted by atomic mass is 16.5. The van der Waals surface area contributed by atoms with E-state index in [1.54, 1.807) is 0 Å². The molecule has 0 unspecified atom stereocenters. The molecule has 4 nitrogen and oxygen atoms in total. The van der Waals surface area contributed by atoms with Crippen LogP contribution in [0.2, 0.25) is 0 Å². The highest BCUT2D eigenvalue weighted by Gasteiger charge is 2.17. The van der Waals surface area contributed by atoms with E-state index in [9.17, 15) is 0 Å². The molecule has 0 bridgehead atoms. The first-order chi connectivity index (χ1) is 11.8. The van der Waals surface area contributed by atoms with Gasteiger partial charge in [-0.3, -0.25) is 4.90 Å². The molecule has 4 heteroatoms. The van der Waals surface area contributed by atoms with E-state index in [1.807, 2.05) is 0 Å². The maximum atomic E-state index is 5.43. The van der Waals surface area contributed by atoms with Crippen molar-refractivity contribution >= 4 is 0 Å². The number of hydrogen-bond donors (Lipinski definition) is 0. The minimum atomic E-state index is 0.840. The minimum absolute atomic E-state index is 0.840. The maximum absolute atomic E-state index is 5.43. The molecule has 1 saturated heterocycles. The summed E-state index contributed by atoms with van der Waals surface area (Å²) in [6, 6.07) is 8.71. The maximum Gasteiger partial charge on any atom is 0.159 e. The molecule has 0 spiro atoms. The Bertz CT molecular complexity index is 723. The second-order valence-corrected chi connectivity index (χ2v) is 6.85. The van der Waals surface area contributed by atoms with Gasteiger partial charge in [0.15, 0.2) is 5.82 Å². The van der Waals surface area contributed by atoms with E-state index in [2.05, 4.69) is 36.1 Å². The lowest BCUT2D eigenvalue weighted by atomic mass is 9.94. The number of ether oxygens (including phenoxy) is 1. The Balaban J connectivity index is 1.60. The standard InChI is InChI=1S/C20H25N3O/c1-15-18-7-2-3-8-19(18)22-20(21-15)17-6-4-5-16(13-17)14-23-9-11-24-12-10-23/h4-6,13H,2-3,7-12,14H2,1H3. The molecule has 2 aliphatic rings. The molecule has 1 aliphatic carbocycles. The largest absolute Gasteiger partial charge is 0.379 e. The third kappa shape index (κ3) is 3.35. The summed E-state index contributed by atoms with van der Waals surface area (Å²) in [5.41, 5.74) is 6.27. The van der Waals surface area contributed by atoms with E-state index in [4.69, 9.17) is 14.7 Å². The van der Waals surface area contributed by atoms with Crippen molar-refractivity contribution in [3.8, 4) is 11.4 Å². The molecular weight excluding hydrogens is 298 g/mol. The van der Waals surface area contributed by atoms with E-state index in [0.717, 1.165) is 62.8 Å². The summed E-state index contributed by atoms with van der Waals surface area (Å²) in [6.45, 7) is 6.81. The van der Waals surface area contributed by atoms with Gasteiger partial charge in [0.2, 0.25) is 0 Å². The molecule has 0 amide bonds. The molecule has 0 atom stereocenters. The fraction of sp³-hybridized carbons (Fsp3) is 0.500. The van der Waals surface area contributed by atoms with Crippen LogP contribution < -0.4 is 0 Å². The van der Waals surface area contributed by atoms with Gasteiger partial charge in [-0.05, 0) is 49.8 Å². The molecule has 0 radical (unpaired) electrons. The summed E-state index contributed by atoms with van der Waals surface area (Å²) in [4.78, 5) is 12.1. The van der Waals surface area contributed by atoms with Crippen molar-refractivity contribution in [1.29, 1.82) is 0 Å². The van der Waals surface area contributed by atoms with Crippen molar-refractivity contribution in [3.05, 3.63) is 46.8 Å². The second-order valence-electron chi connectivity index (χ2n) is 6.85. The van der Waals surface area contributed by atoms with Crippen molar-refractivity contribution in [2.24, 2.45) is 0 Å². The molecule has 1 aliphatic heterocycles. The number of hydrogen-bond acceptors (Lipinski definition) is 4. The van der Waals surface area contributed by atoms with Crippen molar-refractivity contribution in [1.82, 2.24) is 14.9 Å². The first kappa shape index (κ1) is 15.7. The quantitative estimate of drug-likeness (QED) is 0.870. The van der Waals surface area contributed by atoms with Crippen LogP contribution in [0.15, 0.2) is 24.3 Å². The van der Waals surface area contributed by atoms with Crippen molar-refractivity contribution in [2.45, 2.75) is 39.2 Å². The Labute approximate surface area is 143 Å². The van der Waals surface area contributed by atoms with Gasteiger partial charge < -0.3 is 4.74 Å². The summed E-state index contributed by atoms with van der Waals surface area (Å²) >= 11 is 0. The van der Waals surface area contributed by atoms with E-state index in [0.29, 0.717) is 0 Å². The van der Waals surface area contributed by atoms with Crippen molar-refractivity contribution < 1.29 is 4.74 Å². The van der Waals surface area contributed by atoms with Crippen LogP contribution in [0.25, 0.3) is 11.4 Å². The number of morpholine rings is 1. The Morgan fingerprint density at radius 1 is 1.08 bits per heavy atom. The topological polar surface area (TPSA) is 38.2 Å². The second kappa shape index (κ2) is 6.99. The molecule has 24 heavy (non-hydrogen) atoms. The van der Waals surface area contributed by atoms with E-state index < -0.39 is 0 Å². The smallest absolute Gasteiger partial charge is 0.159 e. The van der Waals surface area contributed by atoms with Crippen LogP contribution in [0.3, 0.4) is 0 Å². The van der Waals surface area contributed by atoms with Gasteiger partial charge in [0.25, 0.3) is 0 Å². The third-order valence-corrected chi connectivity index (χ3v) is 5.08. The fourth-order valence-electron chi connectivity index (χ4n) is 3.74. The number of benzene rings is 1. The van der Waals surface area contributed by atoms with Crippen LogP contribution in [0.1, 0.15) is 35.4 Å². The van der Waals surface area contributed by atoms with Gasteiger partial charge >= 0.3 is 0 Å². The predicted molar refractivity (Wildman–Crippen MR) is 94.9 cm³/mol. The SMILES string of the molecule is Cc1nc(-c2cccc(CN3CCOCC3)c2)nc2c1CCCC2. The molecule has 0 N–H and O–H groups in total. The summed E-state index contributed by atoms with van der Waals surface area (Å²) < 4.78 is 5.43. The number of aromatic nitrogens is 2. The molecular formula is C20H25N3O. The van der Waals surface area contributed by atoms with Gasteiger partial charge in [-0.2, -0.15) is 0 Å². The molecule has 2 heterocycles. The summed E-state index contributed by atoms with van der Waals surface area (Å²) in [5, 5.41) is 0. The van der Waals surface area contributed by atoms with Gasteiger partial charge in [-0.15, -0.1) is 0 Å². The average molecular weight is 323 g/mol. The first-order valence-electron chi connectivity index (χ1n) is 9.05. The lowest BCUT2D eigenvalue weighted by molar-refractivity contribution is 0.0342. The van der Waals surface area contributed by atoms with Crippen molar-refractivity contribution in [2.75, 3.05) is 26.3 Å². The first-order valence-corrected chi connectivity index (χ1v) is 9.05. The van der Waals surface area contributed by atoms with Gasteiger partial charge in [0.1, 0.15) is 0 Å². The summed E-state index contributed by atoms with van der Waals surface area (Å²) in [7, 11) is 0. The Morgan fingerprint density at radius 2 is 1.92 bits per heavy atom. The van der Waals surface area contributed by atoms with Gasteiger partial charge in [0.05, 0.1) is 13.2 Å². The van der Waals surface area contributed by atoms with Crippen LogP contribution in [0.5, 0.6) is 0 Å². The highest BCUT2D eigenvalue weighted by Crippen LogP contribution is 2.25. The number of aryl methyl sites for hydroxylation is 2. The molecule has 1 aromatic carbocycles. The van der Waals surface area contributed by atoms with E-state index >= 15 is 0 Å². The number of rotatable bonds is 3. The van der Waals surface area contributed by atoms with Crippen molar-refractivity contribution in [3.63, 3.8) is 0 Å². The number of nitrogens with zero attached hydrogens (tertiary/aromatic N) is 3. The van der Waals surface area contributed by atoms with Gasteiger partial charge in [0, 0.05) is 36.6 Å². The van der Waals surface area contributed by atoms with E-state index in [-0.39, 0.29) is 0 Å².